The third-order valence-corrected chi connectivity index (χ3v) is 3.80. The molecular formula is C16H15BO. The molecule has 88 valence electrons. The summed E-state index contributed by atoms with van der Waals surface area (Å²) in [5, 5.41) is 0. The molecule has 0 radical (unpaired) electrons. The van der Waals surface area contributed by atoms with Gasteiger partial charge in [0.15, 0.2) is 0 Å². The van der Waals surface area contributed by atoms with Crippen LogP contribution < -0.4 is 5.46 Å². The van der Waals surface area contributed by atoms with Gasteiger partial charge in [-0.2, -0.15) is 0 Å². The average Bonchev–Trinajstić information content (AvgIpc) is 2.36. The van der Waals surface area contributed by atoms with E-state index in [1.807, 2.05) is 19.8 Å². The van der Waals surface area contributed by atoms with Crippen molar-refractivity contribution in [3.8, 4) is 11.1 Å². The molecule has 2 aromatic rings. The third-order valence-electron chi connectivity index (χ3n) is 3.80. The van der Waals surface area contributed by atoms with E-state index in [0.29, 0.717) is 0 Å². The molecule has 0 saturated carbocycles. The third kappa shape index (κ3) is 1.52. The van der Waals surface area contributed by atoms with E-state index in [1.54, 1.807) is 0 Å². The molecule has 1 nitrogen and oxygen atoms in total. The minimum absolute atomic E-state index is 0.0331. The van der Waals surface area contributed by atoms with Crippen LogP contribution in [0.3, 0.4) is 0 Å². The van der Waals surface area contributed by atoms with Gasteiger partial charge < -0.3 is 4.79 Å². The van der Waals surface area contributed by atoms with Gasteiger partial charge in [0, 0.05) is 5.56 Å². The van der Waals surface area contributed by atoms with Crippen molar-refractivity contribution >= 4 is 17.9 Å². The fraction of sp³-hybridized carbons (Fsp3) is 0.188. The Morgan fingerprint density at radius 2 is 1.44 bits per heavy atom. The van der Waals surface area contributed by atoms with E-state index in [2.05, 4.69) is 37.3 Å². The molecular weight excluding hydrogens is 219 g/mol. The van der Waals surface area contributed by atoms with Crippen LogP contribution in [0.5, 0.6) is 0 Å². The maximum Gasteiger partial charge on any atom is 0.260 e. The number of rotatable bonds is 0. The van der Waals surface area contributed by atoms with Crippen LogP contribution in [0, 0.1) is 13.8 Å². The maximum absolute atomic E-state index is 12.4. The monoisotopic (exact) mass is 234 g/mol. The molecule has 0 bridgehead atoms. The summed E-state index contributed by atoms with van der Waals surface area (Å²) in [6.07, 6.45) is 0. The molecule has 0 aliphatic carbocycles. The molecule has 0 saturated heterocycles. The van der Waals surface area contributed by atoms with Crippen molar-refractivity contribution in [2.24, 2.45) is 0 Å². The molecule has 1 aliphatic rings. The number of benzene rings is 2. The van der Waals surface area contributed by atoms with Crippen molar-refractivity contribution in [3.05, 3.63) is 53.1 Å². The van der Waals surface area contributed by atoms with Crippen molar-refractivity contribution in [1.82, 2.24) is 0 Å². The Morgan fingerprint density at radius 1 is 0.833 bits per heavy atom. The first-order chi connectivity index (χ1) is 8.58. The number of carbonyl (C=O) groups excluding carboxylic acids is 1. The van der Waals surface area contributed by atoms with Crippen molar-refractivity contribution in [1.29, 1.82) is 0 Å². The molecule has 18 heavy (non-hydrogen) atoms. The lowest BCUT2D eigenvalue weighted by molar-refractivity contribution is 0.107. The van der Waals surface area contributed by atoms with E-state index >= 15 is 0 Å². The van der Waals surface area contributed by atoms with Gasteiger partial charge in [-0.15, -0.1) is 0 Å². The first-order valence-corrected chi connectivity index (χ1v) is 6.33. The quantitative estimate of drug-likeness (QED) is 0.640. The number of hydrogen-bond donors (Lipinski definition) is 0. The van der Waals surface area contributed by atoms with Crippen molar-refractivity contribution < 1.29 is 4.79 Å². The Balaban J connectivity index is 2.34. The van der Waals surface area contributed by atoms with Gasteiger partial charge in [0.25, 0.3) is 6.71 Å². The summed E-state index contributed by atoms with van der Waals surface area (Å²) < 4.78 is 0. The first-order valence-electron chi connectivity index (χ1n) is 6.33. The second kappa shape index (κ2) is 3.84. The topological polar surface area (TPSA) is 17.1 Å². The lowest BCUT2D eigenvalue weighted by Crippen LogP contribution is -2.41. The Bertz CT molecular complexity index is 658. The highest BCUT2D eigenvalue weighted by atomic mass is 16.1. The van der Waals surface area contributed by atoms with E-state index in [-0.39, 0.29) is 12.4 Å². The summed E-state index contributed by atoms with van der Waals surface area (Å²) in [5.41, 5.74) is 6.93. The van der Waals surface area contributed by atoms with Gasteiger partial charge in [0.05, 0.1) is 0 Å². The minimum atomic E-state index is -0.0331. The summed E-state index contributed by atoms with van der Waals surface area (Å²) in [5.74, 6) is 0. The molecule has 0 fully saturated rings. The Labute approximate surface area is 108 Å². The van der Waals surface area contributed by atoms with E-state index in [1.165, 1.54) is 11.1 Å². The highest BCUT2D eigenvalue weighted by Crippen LogP contribution is 2.29. The van der Waals surface area contributed by atoms with E-state index in [0.717, 1.165) is 22.2 Å². The first kappa shape index (κ1) is 11.3. The average molecular weight is 234 g/mol. The molecule has 2 heteroatoms. The minimum Gasteiger partial charge on any atom is -0.305 e. The molecule has 3 rings (SSSR count). The summed E-state index contributed by atoms with van der Waals surface area (Å²) in [7, 11) is 0. The van der Waals surface area contributed by atoms with Crippen LogP contribution >= 0.6 is 0 Å². The second-order valence-corrected chi connectivity index (χ2v) is 5.23. The number of carbonyl (C=O) groups is 1. The molecule has 0 atom stereocenters. The van der Waals surface area contributed by atoms with Crippen LogP contribution in [0.15, 0.2) is 36.4 Å². The highest BCUT2D eigenvalue weighted by Gasteiger charge is 2.31. The molecule has 1 heterocycles. The zero-order valence-electron chi connectivity index (χ0n) is 10.9. The molecule has 0 aromatic heterocycles. The fourth-order valence-corrected chi connectivity index (χ4v) is 2.76. The normalized spacial score (nSPS) is 13.3. The van der Waals surface area contributed by atoms with E-state index < -0.39 is 0 Å². The van der Waals surface area contributed by atoms with Crippen LogP contribution in [-0.4, -0.2) is 12.4 Å². The zero-order chi connectivity index (χ0) is 12.9. The molecule has 2 aromatic carbocycles. The summed E-state index contributed by atoms with van der Waals surface area (Å²) in [6, 6.07) is 12.6. The number of hydrogen-bond acceptors (Lipinski definition) is 1. The van der Waals surface area contributed by atoms with E-state index in [4.69, 9.17) is 0 Å². The van der Waals surface area contributed by atoms with Gasteiger partial charge in [0.2, 0.25) is 0 Å². The predicted molar refractivity (Wildman–Crippen MR) is 76.9 cm³/mol. The molecule has 0 amide bonds. The van der Waals surface area contributed by atoms with Gasteiger partial charge in [-0.3, -0.25) is 0 Å². The summed E-state index contributed by atoms with van der Waals surface area (Å²) in [4.78, 5) is 12.4. The Kier molecular flexibility index (Phi) is 2.41. The smallest absolute Gasteiger partial charge is 0.260 e. The van der Waals surface area contributed by atoms with Gasteiger partial charge >= 0.3 is 0 Å². The maximum atomic E-state index is 12.4. The molecule has 0 N–H and O–H groups in total. The van der Waals surface area contributed by atoms with Crippen molar-refractivity contribution in [2.45, 2.75) is 20.7 Å². The van der Waals surface area contributed by atoms with E-state index in [9.17, 15) is 4.79 Å². The number of fused-ring (bicyclic) bond motifs is 3. The van der Waals surface area contributed by atoms with Gasteiger partial charge in [-0.05, 0) is 31.0 Å². The zero-order valence-corrected chi connectivity index (χ0v) is 10.9. The molecule has 1 aliphatic heterocycles. The highest BCUT2D eigenvalue weighted by molar-refractivity contribution is 7.02. The van der Waals surface area contributed by atoms with Crippen molar-refractivity contribution in [2.75, 3.05) is 0 Å². The molecule has 0 unspecified atom stereocenters. The summed E-state index contributed by atoms with van der Waals surface area (Å²) >= 11 is 0. The SMILES string of the molecule is CB1C(=O)c2cc(C)ccc2-c2ccc(C)cc21. The Morgan fingerprint density at radius 3 is 2.17 bits per heavy atom. The van der Waals surface area contributed by atoms with Crippen LogP contribution in [0.25, 0.3) is 11.1 Å². The molecule has 0 spiro atoms. The van der Waals surface area contributed by atoms with Crippen LogP contribution in [0.1, 0.15) is 21.5 Å². The fourth-order valence-electron chi connectivity index (χ4n) is 2.76. The lowest BCUT2D eigenvalue weighted by Gasteiger charge is -2.23. The van der Waals surface area contributed by atoms with Crippen LogP contribution in [0.4, 0.5) is 0 Å². The number of aryl methyl sites for hydroxylation is 2. The Hall–Kier alpha value is -1.83. The van der Waals surface area contributed by atoms with Crippen LogP contribution in [-0.2, 0) is 0 Å². The van der Waals surface area contributed by atoms with Gasteiger partial charge in [-0.1, -0.05) is 53.7 Å². The van der Waals surface area contributed by atoms with Crippen LogP contribution in [0.2, 0.25) is 6.82 Å². The largest absolute Gasteiger partial charge is 0.305 e. The van der Waals surface area contributed by atoms with Gasteiger partial charge in [0.1, 0.15) is 5.68 Å². The lowest BCUT2D eigenvalue weighted by atomic mass is 9.39. The predicted octanol–water partition coefficient (Wildman–Crippen LogP) is 3.04. The summed E-state index contributed by atoms with van der Waals surface area (Å²) in [6.45, 7) is 6.07. The van der Waals surface area contributed by atoms with Gasteiger partial charge in [-0.25, -0.2) is 0 Å². The standard InChI is InChI=1S/C16H15BO/c1-10-4-6-12-13-7-5-11(2)9-15(13)17(3)16(18)14(12)8-10/h4-9H,1-3H3. The second-order valence-electron chi connectivity index (χ2n) is 5.23. The van der Waals surface area contributed by atoms with Crippen molar-refractivity contribution in [3.63, 3.8) is 0 Å².